The minimum Gasteiger partial charge on any atom is -0.493 e. The number of para-hydroxylation sites is 1. The Hall–Kier alpha value is -3.45. The largest absolute Gasteiger partial charge is 0.493 e. The highest BCUT2D eigenvalue weighted by Crippen LogP contribution is 2.42. The number of hydrogen-bond acceptors (Lipinski definition) is 4. The van der Waals surface area contributed by atoms with Crippen molar-refractivity contribution in [3.63, 3.8) is 0 Å². The van der Waals surface area contributed by atoms with Gasteiger partial charge in [0.15, 0.2) is 11.5 Å². The van der Waals surface area contributed by atoms with Crippen LogP contribution in [0, 0.1) is 0 Å². The lowest BCUT2D eigenvalue weighted by Crippen LogP contribution is -2.01. The Morgan fingerprint density at radius 3 is 2.35 bits per heavy atom. The van der Waals surface area contributed by atoms with Gasteiger partial charge in [-0.25, -0.2) is 0 Å². The molecule has 4 rings (SSSR count). The Bertz CT molecular complexity index is 1250. The number of carboxylic acid groups (broad SMARTS) is 1. The van der Waals surface area contributed by atoms with Gasteiger partial charge in [0.05, 0.1) is 26.3 Å². The van der Waals surface area contributed by atoms with E-state index in [1.165, 1.54) is 0 Å². The summed E-state index contributed by atoms with van der Waals surface area (Å²) < 4.78 is 17.5. The molecule has 0 unspecified atom stereocenters. The van der Waals surface area contributed by atoms with Crippen molar-refractivity contribution in [2.24, 2.45) is 0 Å². The van der Waals surface area contributed by atoms with Crippen molar-refractivity contribution in [1.82, 2.24) is 4.98 Å². The molecule has 31 heavy (non-hydrogen) atoms. The van der Waals surface area contributed by atoms with Gasteiger partial charge < -0.3 is 24.3 Å². The van der Waals surface area contributed by atoms with Crippen molar-refractivity contribution >= 4 is 32.8 Å². The Labute approximate surface area is 187 Å². The quantitative estimate of drug-likeness (QED) is 0.336. The molecular formula is C24H20BrNO5. The third-order valence-corrected chi connectivity index (χ3v) is 5.58. The van der Waals surface area contributed by atoms with Gasteiger partial charge in [-0.2, -0.15) is 0 Å². The first-order valence-corrected chi connectivity index (χ1v) is 10.3. The number of hydrogen-bond donors (Lipinski definition) is 2. The lowest BCUT2D eigenvalue weighted by atomic mass is 10.0. The zero-order valence-electron chi connectivity index (χ0n) is 16.9. The third-order valence-electron chi connectivity index (χ3n) is 4.93. The summed E-state index contributed by atoms with van der Waals surface area (Å²) in [5.74, 6) is 1.54. The number of carbonyl (C=O) groups is 1. The van der Waals surface area contributed by atoms with E-state index in [1.54, 1.807) is 20.3 Å². The number of fused-ring (bicyclic) bond motifs is 1. The highest BCUT2D eigenvalue weighted by Gasteiger charge is 2.20. The van der Waals surface area contributed by atoms with E-state index in [4.69, 9.17) is 14.2 Å². The van der Waals surface area contributed by atoms with Crippen LogP contribution in [0.5, 0.6) is 23.0 Å². The second-order valence-corrected chi connectivity index (χ2v) is 7.71. The zero-order valence-corrected chi connectivity index (χ0v) is 18.5. The molecule has 0 saturated heterocycles. The molecule has 2 N–H and O–H groups in total. The molecule has 3 aromatic carbocycles. The molecule has 0 radical (unpaired) electrons. The number of rotatable bonds is 7. The van der Waals surface area contributed by atoms with Gasteiger partial charge >= 0.3 is 5.97 Å². The fraction of sp³-hybridized carbons (Fsp3) is 0.125. The molecule has 0 spiro atoms. The zero-order chi connectivity index (χ0) is 22.0. The Morgan fingerprint density at radius 2 is 1.68 bits per heavy atom. The number of methoxy groups -OCH3 is 2. The van der Waals surface area contributed by atoms with Crippen molar-refractivity contribution in [3.05, 3.63) is 70.7 Å². The van der Waals surface area contributed by atoms with Gasteiger partial charge in [0.25, 0.3) is 0 Å². The summed E-state index contributed by atoms with van der Waals surface area (Å²) in [6.07, 6.45) is -0.148. The first-order valence-electron chi connectivity index (χ1n) is 9.51. The van der Waals surface area contributed by atoms with Crippen molar-refractivity contribution in [3.8, 4) is 34.3 Å². The summed E-state index contributed by atoms with van der Waals surface area (Å²) in [5, 5.41) is 10.4. The molecule has 1 heterocycles. The highest BCUT2D eigenvalue weighted by molar-refractivity contribution is 9.10. The summed E-state index contributed by atoms with van der Waals surface area (Å²) in [4.78, 5) is 15.0. The molecule has 158 valence electrons. The average molecular weight is 482 g/mol. The van der Waals surface area contributed by atoms with Crippen LogP contribution in [0.1, 0.15) is 5.56 Å². The van der Waals surface area contributed by atoms with Crippen LogP contribution >= 0.6 is 15.9 Å². The van der Waals surface area contributed by atoms with E-state index in [-0.39, 0.29) is 6.42 Å². The normalized spacial score (nSPS) is 10.8. The topological polar surface area (TPSA) is 80.8 Å². The van der Waals surface area contributed by atoms with Gasteiger partial charge in [0.2, 0.25) is 0 Å². The van der Waals surface area contributed by atoms with E-state index in [2.05, 4.69) is 20.9 Å². The molecule has 0 atom stereocenters. The number of aliphatic carboxylic acids is 1. The van der Waals surface area contributed by atoms with Crippen molar-refractivity contribution in [2.45, 2.75) is 6.42 Å². The molecule has 0 bridgehead atoms. The maximum Gasteiger partial charge on any atom is 0.307 e. The van der Waals surface area contributed by atoms with Crippen LogP contribution in [0.15, 0.2) is 65.1 Å². The number of aromatic nitrogens is 1. The van der Waals surface area contributed by atoms with Gasteiger partial charge in [-0.3, -0.25) is 4.79 Å². The van der Waals surface area contributed by atoms with Gasteiger partial charge in [-0.1, -0.05) is 18.2 Å². The van der Waals surface area contributed by atoms with Crippen molar-refractivity contribution in [1.29, 1.82) is 0 Å². The van der Waals surface area contributed by atoms with Gasteiger partial charge in [0, 0.05) is 20.9 Å². The van der Waals surface area contributed by atoms with Crippen LogP contribution in [-0.4, -0.2) is 30.3 Å². The van der Waals surface area contributed by atoms with Gasteiger partial charge in [-0.05, 0) is 64.0 Å². The first kappa shape index (κ1) is 20.8. The van der Waals surface area contributed by atoms with E-state index < -0.39 is 5.97 Å². The second kappa shape index (κ2) is 8.73. The molecule has 0 fully saturated rings. The monoisotopic (exact) mass is 481 g/mol. The van der Waals surface area contributed by atoms with Crippen LogP contribution in [0.3, 0.4) is 0 Å². The molecule has 0 aliphatic carbocycles. The van der Waals surface area contributed by atoms with Gasteiger partial charge in [0.1, 0.15) is 11.5 Å². The molecule has 7 heteroatoms. The van der Waals surface area contributed by atoms with Crippen LogP contribution < -0.4 is 14.2 Å². The second-order valence-electron chi connectivity index (χ2n) is 6.86. The van der Waals surface area contributed by atoms with Crippen molar-refractivity contribution < 1.29 is 24.1 Å². The van der Waals surface area contributed by atoms with Crippen LogP contribution in [-0.2, 0) is 11.2 Å². The number of ether oxygens (including phenoxy) is 3. The number of halogens is 1. The molecule has 0 amide bonds. The standard InChI is InChI=1S/C24H20BrNO5/c1-29-21-11-18(19(25)13-22(21)30-2)24-17(12-23(27)28)16-10-15(8-9-20(16)26-24)31-14-6-4-3-5-7-14/h3-11,13,26H,12H2,1-2H3,(H,27,28). The number of carboxylic acids is 1. The summed E-state index contributed by atoms with van der Waals surface area (Å²) >= 11 is 3.58. The smallest absolute Gasteiger partial charge is 0.307 e. The SMILES string of the molecule is COc1cc(Br)c(-c2[nH]c3ccc(Oc4ccccc4)cc3c2CC(=O)O)cc1OC. The lowest BCUT2D eigenvalue weighted by Gasteiger charge is -2.12. The third kappa shape index (κ3) is 4.22. The summed E-state index contributed by atoms with van der Waals surface area (Å²) in [6.45, 7) is 0. The maximum absolute atomic E-state index is 11.7. The molecule has 4 aromatic rings. The van der Waals surface area contributed by atoms with Crippen LogP contribution in [0.25, 0.3) is 22.2 Å². The Kier molecular flexibility index (Phi) is 5.86. The molecule has 6 nitrogen and oxygen atoms in total. The first-order chi connectivity index (χ1) is 15.0. The molecule has 0 aliphatic heterocycles. The lowest BCUT2D eigenvalue weighted by molar-refractivity contribution is -0.136. The summed E-state index contributed by atoms with van der Waals surface area (Å²) in [5.41, 5.74) is 2.94. The van der Waals surface area contributed by atoms with Crippen LogP contribution in [0.2, 0.25) is 0 Å². The van der Waals surface area contributed by atoms with Crippen LogP contribution in [0.4, 0.5) is 0 Å². The Morgan fingerprint density at radius 1 is 0.968 bits per heavy atom. The molecule has 0 saturated carbocycles. The Balaban J connectivity index is 1.87. The highest BCUT2D eigenvalue weighted by atomic mass is 79.9. The van der Waals surface area contributed by atoms with E-state index in [0.717, 1.165) is 20.9 Å². The summed E-state index contributed by atoms with van der Waals surface area (Å²) in [7, 11) is 3.13. The number of aromatic amines is 1. The molecular weight excluding hydrogens is 462 g/mol. The summed E-state index contributed by atoms with van der Waals surface area (Å²) in [6, 6.07) is 18.7. The van der Waals surface area contributed by atoms with E-state index in [9.17, 15) is 9.90 Å². The van der Waals surface area contributed by atoms with Gasteiger partial charge in [-0.15, -0.1) is 0 Å². The maximum atomic E-state index is 11.7. The fourth-order valence-corrected chi connectivity index (χ4v) is 4.05. The predicted octanol–water partition coefficient (Wildman–Crippen LogP) is 6.03. The van der Waals surface area contributed by atoms with E-state index in [1.807, 2.05) is 54.6 Å². The minimum atomic E-state index is -0.923. The minimum absolute atomic E-state index is 0.148. The average Bonchev–Trinajstić information content (AvgIpc) is 3.11. The fourth-order valence-electron chi connectivity index (χ4n) is 3.53. The molecule has 1 aromatic heterocycles. The molecule has 0 aliphatic rings. The van der Waals surface area contributed by atoms with Crippen molar-refractivity contribution in [2.75, 3.05) is 14.2 Å². The van der Waals surface area contributed by atoms with E-state index in [0.29, 0.717) is 34.3 Å². The number of benzene rings is 3. The predicted molar refractivity (Wildman–Crippen MR) is 122 cm³/mol. The number of nitrogens with one attached hydrogen (secondary N) is 1. The number of H-pyrrole nitrogens is 1. The van der Waals surface area contributed by atoms with E-state index >= 15 is 0 Å².